The second-order valence-corrected chi connectivity index (χ2v) is 5.80. The molecule has 1 aliphatic carbocycles. The molecule has 0 saturated heterocycles. The summed E-state index contributed by atoms with van der Waals surface area (Å²) in [5.74, 6) is 0.235. The molecule has 2 rings (SSSR count). The Morgan fingerprint density at radius 1 is 1.41 bits per heavy atom. The lowest BCUT2D eigenvalue weighted by atomic mass is 9.86. The Morgan fingerprint density at radius 2 is 2.18 bits per heavy atom. The second-order valence-electron chi connectivity index (χ2n) is 5.80. The van der Waals surface area contributed by atoms with Crippen LogP contribution >= 0.6 is 0 Å². The molecule has 0 bridgehead atoms. The van der Waals surface area contributed by atoms with Crippen LogP contribution in [0.4, 0.5) is 0 Å². The van der Waals surface area contributed by atoms with Crippen molar-refractivity contribution in [1.29, 1.82) is 0 Å². The van der Waals surface area contributed by atoms with Crippen molar-refractivity contribution in [3.63, 3.8) is 0 Å². The predicted molar refractivity (Wildman–Crippen MR) is 82.9 cm³/mol. The lowest BCUT2D eigenvalue weighted by molar-refractivity contribution is -0.150. The first-order valence-corrected chi connectivity index (χ1v) is 7.79. The first kappa shape index (κ1) is 16.3. The van der Waals surface area contributed by atoms with E-state index in [-0.39, 0.29) is 11.9 Å². The van der Waals surface area contributed by atoms with Crippen LogP contribution < -0.4 is 5.32 Å². The van der Waals surface area contributed by atoms with Crippen LogP contribution in [0.2, 0.25) is 0 Å². The number of carbonyl (C=O) groups excluding carboxylic acids is 2. The van der Waals surface area contributed by atoms with Gasteiger partial charge in [0.1, 0.15) is 5.76 Å². The highest BCUT2D eigenvalue weighted by Gasteiger charge is 2.25. The van der Waals surface area contributed by atoms with Crippen molar-refractivity contribution in [2.75, 3.05) is 0 Å². The number of hydrogen-bond donors (Lipinski definition) is 1. The maximum atomic E-state index is 12.1. The molecule has 3 atom stereocenters. The molecular weight excluding hydrogens is 282 g/mol. The number of ether oxygens (including phenoxy) is 1. The topological polar surface area (TPSA) is 68.5 Å². The summed E-state index contributed by atoms with van der Waals surface area (Å²) in [5, 5.41) is 2.98. The highest BCUT2D eigenvalue weighted by atomic mass is 16.5. The van der Waals surface area contributed by atoms with E-state index in [1.165, 1.54) is 24.8 Å². The van der Waals surface area contributed by atoms with Crippen molar-refractivity contribution >= 4 is 18.0 Å². The molecule has 1 aromatic rings. The van der Waals surface area contributed by atoms with Gasteiger partial charge in [0, 0.05) is 12.1 Å². The third-order valence-corrected chi connectivity index (χ3v) is 4.03. The molecule has 5 heteroatoms. The second kappa shape index (κ2) is 7.82. The third-order valence-electron chi connectivity index (χ3n) is 4.03. The van der Waals surface area contributed by atoms with Gasteiger partial charge in [-0.15, -0.1) is 0 Å². The van der Waals surface area contributed by atoms with E-state index in [1.54, 1.807) is 19.1 Å². The van der Waals surface area contributed by atoms with E-state index < -0.39 is 12.1 Å². The zero-order chi connectivity index (χ0) is 15.9. The van der Waals surface area contributed by atoms with Gasteiger partial charge in [-0.2, -0.15) is 0 Å². The van der Waals surface area contributed by atoms with Crippen molar-refractivity contribution < 1.29 is 18.7 Å². The molecule has 1 saturated carbocycles. The average molecular weight is 305 g/mol. The normalized spacial score (nSPS) is 23.2. The molecule has 22 heavy (non-hydrogen) atoms. The Morgan fingerprint density at radius 3 is 2.86 bits per heavy atom. The van der Waals surface area contributed by atoms with Crippen molar-refractivity contribution in [3.05, 3.63) is 30.2 Å². The van der Waals surface area contributed by atoms with Crippen LogP contribution in [-0.4, -0.2) is 24.0 Å². The molecule has 1 aromatic heterocycles. The summed E-state index contributed by atoms with van der Waals surface area (Å²) < 4.78 is 10.2. The SMILES string of the molecule is C[C@@H]1CCCC[C@H]1NC(=O)[C@@H](C)OC(=O)/C=C/c1ccco1. The lowest BCUT2D eigenvalue weighted by Crippen LogP contribution is -2.45. The van der Waals surface area contributed by atoms with Gasteiger partial charge in [0.05, 0.1) is 6.26 Å². The highest BCUT2D eigenvalue weighted by Crippen LogP contribution is 2.23. The van der Waals surface area contributed by atoms with Crippen LogP contribution in [0.25, 0.3) is 6.08 Å². The van der Waals surface area contributed by atoms with E-state index in [4.69, 9.17) is 9.15 Å². The Hall–Kier alpha value is -2.04. The summed E-state index contributed by atoms with van der Waals surface area (Å²) in [7, 11) is 0. The van der Waals surface area contributed by atoms with E-state index in [2.05, 4.69) is 12.2 Å². The summed E-state index contributed by atoms with van der Waals surface area (Å²) in [6.07, 6.45) is 7.96. The molecule has 1 heterocycles. The van der Waals surface area contributed by atoms with E-state index in [0.29, 0.717) is 11.7 Å². The van der Waals surface area contributed by atoms with Crippen molar-refractivity contribution in [3.8, 4) is 0 Å². The van der Waals surface area contributed by atoms with Gasteiger partial charge >= 0.3 is 5.97 Å². The zero-order valence-electron chi connectivity index (χ0n) is 13.1. The van der Waals surface area contributed by atoms with Gasteiger partial charge in [-0.3, -0.25) is 4.79 Å². The fourth-order valence-corrected chi connectivity index (χ4v) is 2.63. The summed E-state index contributed by atoms with van der Waals surface area (Å²) in [6.45, 7) is 3.73. The number of esters is 1. The Kier molecular flexibility index (Phi) is 5.81. The minimum absolute atomic E-state index is 0.182. The third kappa shape index (κ3) is 4.76. The number of nitrogens with one attached hydrogen (secondary N) is 1. The molecule has 0 aliphatic heterocycles. The standard InChI is InChI=1S/C17H23NO4/c1-12-6-3-4-8-15(12)18-17(20)13(2)22-16(19)10-9-14-7-5-11-21-14/h5,7,9-13,15H,3-4,6,8H2,1-2H3,(H,18,20)/b10-9+/t12-,13-,15-/m1/s1. The molecule has 1 fully saturated rings. The largest absolute Gasteiger partial charge is 0.465 e. The molecule has 1 aliphatic rings. The minimum atomic E-state index is -0.803. The molecule has 5 nitrogen and oxygen atoms in total. The molecule has 0 radical (unpaired) electrons. The lowest BCUT2D eigenvalue weighted by Gasteiger charge is -2.30. The molecule has 120 valence electrons. The quantitative estimate of drug-likeness (QED) is 0.671. The molecule has 1 amide bonds. The molecule has 0 aromatic carbocycles. The van der Waals surface area contributed by atoms with Crippen molar-refractivity contribution in [2.45, 2.75) is 51.7 Å². The maximum Gasteiger partial charge on any atom is 0.331 e. The van der Waals surface area contributed by atoms with E-state index >= 15 is 0 Å². The summed E-state index contributed by atoms with van der Waals surface area (Å²) in [6, 6.07) is 3.64. The minimum Gasteiger partial charge on any atom is -0.465 e. The number of rotatable bonds is 5. The molecule has 0 spiro atoms. The maximum absolute atomic E-state index is 12.1. The number of carbonyl (C=O) groups is 2. The Bertz CT molecular complexity index is 521. The summed E-state index contributed by atoms with van der Waals surface area (Å²) >= 11 is 0. The zero-order valence-corrected chi connectivity index (χ0v) is 13.1. The summed E-state index contributed by atoms with van der Waals surface area (Å²) in [4.78, 5) is 23.8. The van der Waals surface area contributed by atoms with Gasteiger partial charge in [-0.1, -0.05) is 19.8 Å². The fraction of sp³-hybridized carbons (Fsp3) is 0.529. The van der Waals surface area contributed by atoms with E-state index in [9.17, 15) is 9.59 Å². The number of hydrogen-bond acceptors (Lipinski definition) is 4. The van der Waals surface area contributed by atoms with Crippen LogP contribution in [0.5, 0.6) is 0 Å². The van der Waals surface area contributed by atoms with Crippen LogP contribution in [0.15, 0.2) is 28.9 Å². The van der Waals surface area contributed by atoms with Crippen LogP contribution in [0.1, 0.15) is 45.3 Å². The first-order valence-electron chi connectivity index (χ1n) is 7.79. The van der Waals surface area contributed by atoms with Gasteiger partial charge in [0.2, 0.25) is 0 Å². The molecule has 1 N–H and O–H groups in total. The van der Waals surface area contributed by atoms with Crippen LogP contribution in [0.3, 0.4) is 0 Å². The van der Waals surface area contributed by atoms with Crippen molar-refractivity contribution in [1.82, 2.24) is 5.32 Å². The van der Waals surface area contributed by atoms with Crippen molar-refractivity contribution in [2.24, 2.45) is 5.92 Å². The van der Waals surface area contributed by atoms with Crippen LogP contribution in [0, 0.1) is 5.92 Å². The molecular formula is C17H23NO4. The van der Waals surface area contributed by atoms with Gasteiger partial charge in [0.25, 0.3) is 5.91 Å². The van der Waals surface area contributed by atoms with E-state index in [1.807, 2.05) is 0 Å². The van der Waals surface area contributed by atoms with Crippen LogP contribution in [-0.2, 0) is 14.3 Å². The smallest absolute Gasteiger partial charge is 0.331 e. The van der Waals surface area contributed by atoms with Gasteiger partial charge in [0.15, 0.2) is 6.10 Å². The summed E-state index contributed by atoms with van der Waals surface area (Å²) in [5.41, 5.74) is 0. The number of amides is 1. The Balaban J connectivity index is 1.79. The van der Waals surface area contributed by atoms with Gasteiger partial charge < -0.3 is 14.5 Å². The first-order chi connectivity index (χ1) is 10.6. The highest BCUT2D eigenvalue weighted by molar-refractivity contribution is 5.90. The monoisotopic (exact) mass is 305 g/mol. The Labute approximate surface area is 130 Å². The van der Waals surface area contributed by atoms with E-state index in [0.717, 1.165) is 19.3 Å². The molecule has 0 unspecified atom stereocenters. The predicted octanol–water partition coefficient (Wildman–Crippen LogP) is 2.92. The average Bonchev–Trinajstić information content (AvgIpc) is 3.00. The fourth-order valence-electron chi connectivity index (χ4n) is 2.63. The van der Waals surface area contributed by atoms with Gasteiger partial charge in [-0.05, 0) is 43.9 Å². The number of furan rings is 1. The van der Waals surface area contributed by atoms with Gasteiger partial charge in [-0.25, -0.2) is 4.79 Å².